The molecule has 5 nitrogen and oxygen atoms in total. The van der Waals surface area contributed by atoms with Gasteiger partial charge in [-0.25, -0.2) is 4.79 Å². The van der Waals surface area contributed by atoms with Crippen LogP contribution < -0.4 is 0 Å². The Morgan fingerprint density at radius 3 is 2.13 bits per heavy atom. The molecule has 0 amide bonds. The summed E-state index contributed by atoms with van der Waals surface area (Å²) in [6.07, 6.45) is -0.970. The molecule has 0 aliphatic carbocycles. The lowest BCUT2D eigenvalue weighted by Gasteiger charge is -2.17. The largest absolute Gasteiger partial charge is 0.508 e. The van der Waals surface area contributed by atoms with Crippen LogP contribution in [0.1, 0.15) is 20.8 Å². The number of hydrogen-bond acceptors (Lipinski definition) is 5. The van der Waals surface area contributed by atoms with Gasteiger partial charge in [-0.1, -0.05) is 13.8 Å². The number of rotatable bonds is 6. The molecule has 0 radical (unpaired) electrons. The van der Waals surface area contributed by atoms with Gasteiger partial charge in [0, 0.05) is 5.92 Å². The molecular weight excluding hydrogens is 200 g/mol. The Bertz CT molecular complexity index is 177. The molecule has 1 atom stereocenters. The van der Waals surface area contributed by atoms with Gasteiger partial charge in [-0.3, -0.25) is 0 Å². The number of carbonyl (C=O) groups is 1. The van der Waals surface area contributed by atoms with Crippen LogP contribution in [0.25, 0.3) is 0 Å². The summed E-state index contributed by atoms with van der Waals surface area (Å²) in [5, 5.41) is 17.4. The average molecular weight is 220 g/mol. The van der Waals surface area contributed by atoms with E-state index in [-0.39, 0.29) is 31.8 Å². The van der Waals surface area contributed by atoms with Crippen molar-refractivity contribution in [1.82, 2.24) is 0 Å². The quantitative estimate of drug-likeness (QED) is 0.647. The fraction of sp³-hybridized carbons (Fsp3) is 0.900. The molecule has 5 heteroatoms. The van der Waals surface area contributed by atoms with Crippen molar-refractivity contribution in [2.45, 2.75) is 26.9 Å². The van der Waals surface area contributed by atoms with Crippen LogP contribution in [0.4, 0.5) is 4.79 Å². The molecule has 2 N–H and O–H groups in total. The van der Waals surface area contributed by atoms with Crippen LogP contribution in [0.3, 0.4) is 0 Å². The molecule has 0 bridgehead atoms. The molecule has 0 aromatic rings. The summed E-state index contributed by atoms with van der Waals surface area (Å²) in [6.45, 7) is 5.18. The van der Waals surface area contributed by atoms with Gasteiger partial charge < -0.3 is 19.7 Å². The van der Waals surface area contributed by atoms with E-state index in [4.69, 9.17) is 19.7 Å². The van der Waals surface area contributed by atoms with E-state index in [1.807, 2.05) is 13.8 Å². The first kappa shape index (κ1) is 14.2. The predicted octanol–water partition coefficient (Wildman–Crippen LogP) is 0.785. The Balaban J connectivity index is 3.74. The molecule has 0 saturated heterocycles. The zero-order valence-corrected chi connectivity index (χ0v) is 9.47. The molecule has 0 fully saturated rings. The number of aliphatic hydroxyl groups is 2. The van der Waals surface area contributed by atoms with Gasteiger partial charge in [0.05, 0.1) is 13.2 Å². The lowest BCUT2D eigenvalue weighted by molar-refractivity contribution is -0.00322. The topological polar surface area (TPSA) is 76.0 Å². The Kier molecular flexibility index (Phi) is 7.07. The van der Waals surface area contributed by atoms with E-state index in [0.717, 1.165) is 0 Å². The van der Waals surface area contributed by atoms with Gasteiger partial charge in [0.1, 0.15) is 12.7 Å². The summed E-state index contributed by atoms with van der Waals surface area (Å²) >= 11 is 0. The highest BCUT2D eigenvalue weighted by Crippen LogP contribution is 2.07. The van der Waals surface area contributed by atoms with Gasteiger partial charge in [0.2, 0.25) is 0 Å². The normalized spacial score (nSPS) is 13.0. The van der Waals surface area contributed by atoms with E-state index < -0.39 is 12.1 Å². The smallest absolute Gasteiger partial charge is 0.434 e. The zero-order valence-electron chi connectivity index (χ0n) is 9.47. The minimum absolute atomic E-state index is 0.0311. The molecule has 0 heterocycles. The molecule has 0 spiro atoms. The van der Waals surface area contributed by atoms with Gasteiger partial charge in [-0.05, 0) is 12.8 Å². The molecule has 0 aromatic carbocycles. The molecule has 90 valence electrons. The summed E-state index contributed by atoms with van der Waals surface area (Å²) in [5.41, 5.74) is 0. The van der Waals surface area contributed by atoms with Gasteiger partial charge in [0.15, 0.2) is 0 Å². The van der Waals surface area contributed by atoms with Crippen molar-refractivity contribution in [2.24, 2.45) is 11.8 Å². The van der Waals surface area contributed by atoms with Crippen LogP contribution in [0.15, 0.2) is 0 Å². The maximum absolute atomic E-state index is 11.1. The Morgan fingerprint density at radius 1 is 1.20 bits per heavy atom. The SMILES string of the molecule is CC(C)C(C)OC(=O)OCC(CO)CO. The second-order valence-corrected chi connectivity index (χ2v) is 3.86. The summed E-state index contributed by atoms with van der Waals surface area (Å²) in [7, 11) is 0. The molecule has 0 saturated carbocycles. The van der Waals surface area contributed by atoms with E-state index in [9.17, 15) is 4.79 Å². The van der Waals surface area contributed by atoms with Gasteiger partial charge in [-0.2, -0.15) is 0 Å². The van der Waals surface area contributed by atoms with Crippen LogP contribution in [0.2, 0.25) is 0 Å². The predicted molar refractivity (Wildman–Crippen MR) is 54.4 cm³/mol. The number of aliphatic hydroxyl groups excluding tert-OH is 2. The Morgan fingerprint density at radius 2 is 1.73 bits per heavy atom. The minimum atomic E-state index is -0.761. The minimum Gasteiger partial charge on any atom is -0.434 e. The van der Waals surface area contributed by atoms with Crippen molar-refractivity contribution in [1.29, 1.82) is 0 Å². The van der Waals surface area contributed by atoms with Crippen LogP contribution in [0, 0.1) is 11.8 Å². The highest BCUT2D eigenvalue weighted by atomic mass is 16.7. The van der Waals surface area contributed by atoms with Crippen LogP contribution in [0.5, 0.6) is 0 Å². The molecule has 1 unspecified atom stereocenters. The molecule has 0 aliphatic heterocycles. The average Bonchev–Trinajstić information content (AvgIpc) is 2.19. The van der Waals surface area contributed by atoms with E-state index in [2.05, 4.69) is 0 Å². The van der Waals surface area contributed by atoms with Crippen molar-refractivity contribution < 1.29 is 24.5 Å². The Hall–Kier alpha value is -0.810. The zero-order chi connectivity index (χ0) is 11.8. The van der Waals surface area contributed by atoms with E-state index in [1.165, 1.54) is 0 Å². The first-order valence-electron chi connectivity index (χ1n) is 5.06. The summed E-state index contributed by atoms with van der Waals surface area (Å²) in [4.78, 5) is 11.1. The summed E-state index contributed by atoms with van der Waals surface area (Å²) in [5.74, 6) is -0.212. The first-order chi connectivity index (χ1) is 7.01. The maximum Gasteiger partial charge on any atom is 0.508 e. The van der Waals surface area contributed by atoms with Crippen molar-refractivity contribution in [3.8, 4) is 0 Å². The molecule has 0 aromatic heterocycles. The third-order valence-corrected chi connectivity index (χ3v) is 2.17. The lowest BCUT2D eigenvalue weighted by Crippen LogP contribution is -2.25. The third kappa shape index (κ3) is 6.30. The van der Waals surface area contributed by atoms with Crippen LogP contribution in [-0.2, 0) is 9.47 Å². The van der Waals surface area contributed by atoms with Crippen LogP contribution >= 0.6 is 0 Å². The van der Waals surface area contributed by atoms with E-state index >= 15 is 0 Å². The summed E-state index contributed by atoms with van der Waals surface area (Å²) in [6, 6.07) is 0. The number of ether oxygens (including phenoxy) is 2. The second-order valence-electron chi connectivity index (χ2n) is 3.86. The van der Waals surface area contributed by atoms with Crippen molar-refractivity contribution in [2.75, 3.05) is 19.8 Å². The molecule has 15 heavy (non-hydrogen) atoms. The first-order valence-corrected chi connectivity index (χ1v) is 5.06. The van der Waals surface area contributed by atoms with Crippen molar-refractivity contribution in [3.63, 3.8) is 0 Å². The summed E-state index contributed by atoms with van der Waals surface area (Å²) < 4.78 is 9.65. The number of carbonyl (C=O) groups excluding carboxylic acids is 1. The second kappa shape index (κ2) is 7.48. The standard InChI is InChI=1S/C10H20O5/c1-7(2)8(3)15-10(13)14-6-9(4-11)5-12/h7-9,11-12H,4-6H2,1-3H3. The molecule has 0 aliphatic rings. The third-order valence-electron chi connectivity index (χ3n) is 2.17. The van der Waals surface area contributed by atoms with Crippen molar-refractivity contribution in [3.05, 3.63) is 0 Å². The monoisotopic (exact) mass is 220 g/mol. The Labute approximate surface area is 90.0 Å². The highest BCUT2D eigenvalue weighted by Gasteiger charge is 2.15. The highest BCUT2D eigenvalue weighted by molar-refractivity contribution is 5.60. The van der Waals surface area contributed by atoms with Gasteiger partial charge >= 0.3 is 6.16 Å². The van der Waals surface area contributed by atoms with Crippen LogP contribution in [-0.4, -0.2) is 42.3 Å². The number of hydrogen-bond donors (Lipinski definition) is 2. The van der Waals surface area contributed by atoms with Gasteiger partial charge in [0.25, 0.3) is 0 Å². The molecular formula is C10H20O5. The van der Waals surface area contributed by atoms with E-state index in [0.29, 0.717) is 0 Å². The van der Waals surface area contributed by atoms with Gasteiger partial charge in [-0.15, -0.1) is 0 Å². The lowest BCUT2D eigenvalue weighted by atomic mass is 10.1. The molecule has 0 rings (SSSR count). The van der Waals surface area contributed by atoms with Crippen molar-refractivity contribution >= 4 is 6.16 Å². The fourth-order valence-electron chi connectivity index (χ4n) is 0.671. The fourth-order valence-corrected chi connectivity index (χ4v) is 0.671. The maximum atomic E-state index is 11.1. The van der Waals surface area contributed by atoms with E-state index in [1.54, 1.807) is 6.92 Å².